The highest BCUT2D eigenvalue weighted by atomic mass is 19.1. The smallest absolute Gasteiger partial charge is 0.241 e. The normalized spacial score (nSPS) is 11.0. The summed E-state index contributed by atoms with van der Waals surface area (Å²) in [4.78, 5) is 4.42. The molecular weight excluding hydrogens is 269 g/mol. The number of halogens is 1. The lowest BCUT2D eigenvalue weighted by Crippen LogP contribution is -2.06. The molecule has 0 bridgehead atoms. The summed E-state index contributed by atoms with van der Waals surface area (Å²) < 4.78 is 21.7. The molecule has 0 aliphatic carbocycles. The highest BCUT2D eigenvalue weighted by molar-refractivity contribution is 5.47. The Morgan fingerprint density at radius 1 is 1.24 bits per heavy atom. The van der Waals surface area contributed by atoms with Gasteiger partial charge in [0.05, 0.1) is 5.69 Å². The van der Waals surface area contributed by atoms with Crippen LogP contribution in [0.5, 0.6) is 11.6 Å². The second kappa shape index (κ2) is 5.54. The van der Waals surface area contributed by atoms with Gasteiger partial charge >= 0.3 is 0 Å². The third-order valence-corrected chi connectivity index (χ3v) is 3.34. The van der Waals surface area contributed by atoms with E-state index < -0.39 is 0 Å². The predicted molar refractivity (Wildman–Crippen MR) is 79.2 cm³/mol. The van der Waals surface area contributed by atoms with Gasteiger partial charge in [-0.2, -0.15) is 4.98 Å². The summed E-state index contributed by atoms with van der Waals surface area (Å²) in [6.07, 6.45) is 2.50. The van der Waals surface area contributed by atoms with Crippen molar-refractivity contribution < 1.29 is 9.13 Å². The average Bonchev–Trinajstić information content (AvgIpc) is 2.82. The Bertz CT molecular complexity index is 782. The molecule has 108 valence electrons. The Kier molecular flexibility index (Phi) is 3.58. The molecule has 2 N–H and O–H groups in total. The molecule has 2 heterocycles. The Morgan fingerprint density at radius 2 is 2.10 bits per heavy atom. The highest BCUT2D eigenvalue weighted by Crippen LogP contribution is 2.29. The zero-order valence-corrected chi connectivity index (χ0v) is 11.7. The lowest BCUT2D eigenvalue weighted by atomic mass is 10.2. The number of aromatic nitrogens is 2. The summed E-state index contributed by atoms with van der Waals surface area (Å²) in [6.45, 7) is 2.17. The van der Waals surface area contributed by atoms with Crippen molar-refractivity contribution in [3.63, 3.8) is 0 Å². The van der Waals surface area contributed by atoms with Gasteiger partial charge in [-0.1, -0.05) is 18.2 Å². The lowest BCUT2D eigenvalue weighted by molar-refractivity contribution is 0.423. The molecule has 2 aromatic heterocycles. The molecule has 0 aliphatic heterocycles. The molecule has 0 unspecified atom stereocenters. The van der Waals surface area contributed by atoms with Gasteiger partial charge in [0.2, 0.25) is 5.88 Å². The van der Waals surface area contributed by atoms with Gasteiger partial charge in [-0.05, 0) is 37.2 Å². The number of benzene rings is 1. The molecular formula is C16H16FN3O. The minimum atomic E-state index is -0.367. The van der Waals surface area contributed by atoms with E-state index >= 15 is 0 Å². The van der Waals surface area contributed by atoms with Crippen molar-refractivity contribution in [1.29, 1.82) is 0 Å². The summed E-state index contributed by atoms with van der Waals surface area (Å²) in [7, 11) is 0. The third kappa shape index (κ3) is 2.48. The van der Waals surface area contributed by atoms with E-state index in [4.69, 9.17) is 10.5 Å². The number of aryl methyl sites for hydroxylation is 1. The van der Waals surface area contributed by atoms with Crippen molar-refractivity contribution in [2.45, 2.75) is 13.3 Å². The number of pyridine rings is 1. The summed E-state index contributed by atoms with van der Waals surface area (Å²) in [5.74, 6) is 0.209. The molecule has 4 nitrogen and oxygen atoms in total. The Labute approximate surface area is 122 Å². The molecule has 0 aliphatic rings. The van der Waals surface area contributed by atoms with Crippen LogP contribution in [0, 0.1) is 12.7 Å². The summed E-state index contributed by atoms with van der Waals surface area (Å²) >= 11 is 0. The van der Waals surface area contributed by atoms with Crippen LogP contribution in [-0.2, 0) is 6.42 Å². The maximum absolute atomic E-state index is 14.1. The van der Waals surface area contributed by atoms with Gasteiger partial charge in [-0.25, -0.2) is 4.39 Å². The van der Waals surface area contributed by atoms with Crippen LogP contribution >= 0.6 is 0 Å². The second-order valence-corrected chi connectivity index (χ2v) is 4.82. The fourth-order valence-corrected chi connectivity index (χ4v) is 2.27. The maximum Gasteiger partial charge on any atom is 0.241 e. The van der Waals surface area contributed by atoms with Crippen LogP contribution < -0.4 is 10.5 Å². The number of rotatable bonds is 4. The summed E-state index contributed by atoms with van der Waals surface area (Å²) in [5.41, 5.74) is 7.79. The second-order valence-electron chi connectivity index (χ2n) is 4.82. The van der Waals surface area contributed by atoms with Crippen molar-refractivity contribution in [2.24, 2.45) is 5.73 Å². The Hall–Kier alpha value is -2.40. The minimum absolute atomic E-state index is 0.177. The SMILES string of the molecule is Cc1cccc(Oc2nc3ccccn3c2CCN)c1F. The first kappa shape index (κ1) is 13.6. The summed E-state index contributed by atoms with van der Waals surface area (Å²) in [6, 6.07) is 10.7. The van der Waals surface area contributed by atoms with Crippen LogP contribution in [0.25, 0.3) is 5.65 Å². The van der Waals surface area contributed by atoms with Gasteiger partial charge in [0.1, 0.15) is 5.65 Å². The molecule has 0 saturated heterocycles. The van der Waals surface area contributed by atoms with Gasteiger partial charge in [-0.15, -0.1) is 0 Å². The molecule has 0 fully saturated rings. The van der Waals surface area contributed by atoms with Gasteiger partial charge in [0, 0.05) is 12.6 Å². The largest absolute Gasteiger partial charge is 0.434 e. The highest BCUT2D eigenvalue weighted by Gasteiger charge is 2.15. The number of ether oxygens (including phenoxy) is 1. The van der Waals surface area contributed by atoms with Crippen LogP contribution in [0.3, 0.4) is 0 Å². The fraction of sp³-hybridized carbons (Fsp3) is 0.188. The standard InChI is InChI=1S/C16H16FN3O/c1-11-5-4-6-13(15(11)17)21-16-12(8-9-18)20-10-3-2-7-14(20)19-16/h2-7,10H,8-9,18H2,1H3. The van der Waals surface area contributed by atoms with Crippen molar-refractivity contribution in [1.82, 2.24) is 9.38 Å². The zero-order chi connectivity index (χ0) is 14.8. The summed E-state index contributed by atoms with van der Waals surface area (Å²) in [5, 5.41) is 0. The van der Waals surface area contributed by atoms with Crippen molar-refractivity contribution in [3.05, 3.63) is 59.7 Å². The van der Waals surface area contributed by atoms with E-state index in [1.807, 2.05) is 28.8 Å². The number of nitrogens with zero attached hydrogens (tertiary/aromatic N) is 2. The topological polar surface area (TPSA) is 52.5 Å². The maximum atomic E-state index is 14.1. The van der Waals surface area contributed by atoms with E-state index in [0.717, 1.165) is 11.3 Å². The van der Waals surface area contributed by atoms with Gasteiger partial charge in [0.25, 0.3) is 0 Å². The van der Waals surface area contributed by atoms with E-state index in [9.17, 15) is 4.39 Å². The molecule has 21 heavy (non-hydrogen) atoms. The molecule has 3 aromatic rings. The molecule has 3 rings (SSSR count). The van der Waals surface area contributed by atoms with Gasteiger partial charge in [0.15, 0.2) is 11.6 Å². The van der Waals surface area contributed by atoms with Crippen molar-refractivity contribution in [3.8, 4) is 11.6 Å². The Morgan fingerprint density at radius 3 is 2.90 bits per heavy atom. The van der Waals surface area contributed by atoms with Crippen molar-refractivity contribution in [2.75, 3.05) is 6.54 Å². The number of fused-ring (bicyclic) bond motifs is 1. The van der Waals surface area contributed by atoms with Gasteiger partial charge in [-0.3, -0.25) is 0 Å². The van der Waals surface area contributed by atoms with Crippen LogP contribution in [0.2, 0.25) is 0 Å². The van der Waals surface area contributed by atoms with Crippen LogP contribution in [0.1, 0.15) is 11.3 Å². The zero-order valence-electron chi connectivity index (χ0n) is 11.7. The first-order chi connectivity index (χ1) is 10.2. The molecule has 1 aromatic carbocycles. The first-order valence-corrected chi connectivity index (χ1v) is 6.79. The van der Waals surface area contributed by atoms with E-state index in [0.29, 0.717) is 24.4 Å². The fourth-order valence-electron chi connectivity index (χ4n) is 2.27. The van der Waals surface area contributed by atoms with E-state index in [1.54, 1.807) is 25.1 Å². The molecule has 0 saturated carbocycles. The molecule has 5 heteroatoms. The number of hydrogen-bond donors (Lipinski definition) is 1. The van der Waals surface area contributed by atoms with Crippen LogP contribution in [0.15, 0.2) is 42.6 Å². The van der Waals surface area contributed by atoms with Gasteiger partial charge < -0.3 is 14.9 Å². The lowest BCUT2D eigenvalue weighted by Gasteiger charge is -2.07. The monoisotopic (exact) mass is 285 g/mol. The Balaban J connectivity index is 2.07. The number of nitrogens with two attached hydrogens (primary N) is 1. The predicted octanol–water partition coefficient (Wildman–Crippen LogP) is 3.08. The number of hydrogen-bond acceptors (Lipinski definition) is 3. The molecule has 0 spiro atoms. The van der Waals surface area contributed by atoms with Crippen LogP contribution in [-0.4, -0.2) is 15.9 Å². The first-order valence-electron chi connectivity index (χ1n) is 6.79. The van der Waals surface area contributed by atoms with E-state index in [-0.39, 0.29) is 11.6 Å². The van der Waals surface area contributed by atoms with E-state index in [1.165, 1.54) is 0 Å². The van der Waals surface area contributed by atoms with E-state index in [2.05, 4.69) is 4.98 Å². The van der Waals surface area contributed by atoms with Crippen LogP contribution in [0.4, 0.5) is 4.39 Å². The quantitative estimate of drug-likeness (QED) is 0.801. The number of imidazole rings is 1. The molecule has 0 amide bonds. The van der Waals surface area contributed by atoms with Crippen molar-refractivity contribution >= 4 is 5.65 Å². The molecule has 0 radical (unpaired) electrons. The third-order valence-electron chi connectivity index (χ3n) is 3.34. The molecule has 0 atom stereocenters. The minimum Gasteiger partial charge on any atom is -0.434 e. The average molecular weight is 285 g/mol.